The summed E-state index contributed by atoms with van der Waals surface area (Å²) in [7, 11) is 0. The lowest BCUT2D eigenvalue weighted by molar-refractivity contribution is 0.0705. The van der Waals surface area contributed by atoms with Gasteiger partial charge in [-0.2, -0.15) is 0 Å². The molecule has 27 heavy (non-hydrogen) atoms. The van der Waals surface area contributed by atoms with E-state index in [1.807, 2.05) is 27.8 Å². The first kappa shape index (κ1) is 17.4. The van der Waals surface area contributed by atoms with Crippen LogP contribution in [0.4, 0.5) is 4.39 Å². The van der Waals surface area contributed by atoms with E-state index in [1.54, 1.807) is 31.7 Å². The Kier molecular flexibility index (Phi) is 4.71. The van der Waals surface area contributed by atoms with Gasteiger partial charge in [0, 0.05) is 48.8 Å². The molecule has 0 unspecified atom stereocenters. The molecule has 1 atom stereocenters. The van der Waals surface area contributed by atoms with Gasteiger partial charge in [0.2, 0.25) is 0 Å². The van der Waals surface area contributed by atoms with Crippen molar-refractivity contribution < 1.29 is 9.18 Å². The average molecular weight is 364 g/mol. The summed E-state index contributed by atoms with van der Waals surface area (Å²) in [5, 5.41) is 0. The summed E-state index contributed by atoms with van der Waals surface area (Å²) in [6.45, 7) is 3.12. The van der Waals surface area contributed by atoms with E-state index in [-0.39, 0.29) is 17.6 Å². The first-order valence-electron chi connectivity index (χ1n) is 9.11. The smallest absolute Gasteiger partial charge is 0.254 e. The highest BCUT2D eigenvalue weighted by molar-refractivity contribution is 5.95. The maximum atomic E-state index is 13.3. The zero-order valence-electron chi connectivity index (χ0n) is 15.2. The van der Waals surface area contributed by atoms with Crippen LogP contribution in [0.2, 0.25) is 0 Å². The minimum Gasteiger partial charge on any atom is -0.338 e. The van der Waals surface area contributed by atoms with E-state index in [1.165, 1.54) is 12.1 Å². The van der Waals surface area contributed by atoms with E-state index in [4.69, 9.17) is 0 Å². The normalized spacial score (nSPS) is 17.1. The first-order valence-corrected chi connectivity index (χ1v) is 9.11. The number of benzene rings is 1. The van der Waals surface area contributed by atoms with Crippen molar-refractivity contribution >= 4 is 5.91 Å². The van der Waals surface area contributed by atoms with Gasteiger partial charge < -0.3 is 9.47 Å². The zero-order valence-corrected chi connectivity index (χ0v) is 15.2. The van der Waals surface area contributed by atoms with Crippen molar-refractivity contribution in [3.8, 4) is 5.69 Å². The second kappa shape index (κ2) is 7.31. The molecule has 138 valence electrons. The predicted octanol–water partition coefficient (Wildman–Crippen LogP) is 3.73. The van der Waals surface area contributed by atoms with Crippen LogP contribution in [0.5, 0.6) is 0 Å². The Morgan fingerprint density at radius 2 is 2.04 bits per heavy atom. The van der Waals surface area contributed by atoms with Gasteiger partial charge in [0.15, 0.2) is 0 Å². The van der Waals surface area contributed by atoms with Crippen LogP contribution >= 0.6 is 0 Å². The van der Waals surface area contributed by atoms with Gasteiger partial charge in [0.05, 0.1) is 12.0 Å². The number of hydrogen-bond donors (Lipinski definition) is 0. The highest BCUT2D eigenvalue weighted by Crippen LogP contribution is 2.27. The fraction of sp³-hybridized carbons (Fsp3) is 0.286. The number of pyridine rings is 1. The highest BCUT2D eigenvalue weighted by Gasteiger charge is 2.27. The number of piperidine rings is 1. The van der Waals surface area contributed by atoms with Crippen LogP contribution in [0.1, 0.15) is 40.4 Å². The number of hydrogen-bond acceptors (Lipinski definition) is 3. The Balaban J connectivity index is 1.51. The lowest BCUT2D eigenvalue weighted by atomic mass is 9.94. The number of nitrogens with zero attached hydrogens (tertiary/aromatic N) is 4. The molecule has 3 aromatic rings. The number of amides is 1. The van der Waals surface area contributed by atoms with Gasteiger partial charge in [-0.1, -0.05) is 0 Å². The van der Waals surface area contributed by atoms with Crippen molar-refractivity contribution in [3.05, 3.63) is 77.9 Å². The van der Waals surface area contributed by atoms with Gasteiger partial charge in [-0.05, 0) is 55.7 Å². The molecule has 1 saturated heterocycles. The molecule has 3 heterocycles. The minimum absolute atomic E-state index is 0.0363. The number of aryl methyl sites for hydroxylation is 1. The summed E-state index contributed by atoms with van der Waals surface area (Å²) in [5.41, 5.74) is 3.23. The third kappa shape index (κ3) is 3.60. The summed E-state index contributed by atoms with van der Waals surface area (Å²) in [4.78, 5) is 23.4. The number of carbonyl (C=O) groups excluding carboxylic acids is 1. The molecule has 2 aromatic heterocycles. The van der Waals surface area contributed by atoms with Crippen LogP contribution in [0.25, 0.3) is 5.69 Å². The molecule has 1 aromatic carbocycles. The summed E-state index contributed by atoms with van der Waals surface area (Å²) < 4.78 is 15.3. The van der Waals surface area contributed by atoms with Gasteiger partial charge in [-0.3, -0.25) is 9.78 Å². The molecule has 0 bridgehead atoms. The quantitative estimate of drug-likeness (QED) is 0.711. The van der Waals surface area contributed by atoms with Crippen LogP contribution in [-0.2, 0) is 0 Å². The molecule has 6 heteroatoms. The molecule has 0 N–H and O–H groups in total. The number of likely N-dealkylation sites (tertiary alicyclic amines) is 1. The number of carbonyl (C=O) groups is 1. The topological polar surface area (TPSA) is 51.0 Å². The summed E-state index contributed by atoms with van der Waals surface area (Å²) in [5.74, 6) is -0.153. The molecule has 1 aliphatic heterocycles. The van der Waals surface area contributed by atoms with Gasteiger partial charge in [0.25, 0.3) is 5.91 Å². The van der Waals surface area contributed by atoms with Gasteiger partial charge >= 0.3 is 0 Å². The second-order valence-corrected chi connectivity index (χ2v) is 6.96. The van der Waals surface area contributed by atoms with E-state index >= 15 is 0 Å². The third-order valence-electron chi connectivity index (χ3n) is 5.11. The number of halogens is 1. The maximum Gasteiger partial charge on any atom is 0.254 e. The van der Waals surface area contributed by atoms with Crippen molar-refractivity contribution in [1.82, 2.24) is 19.4 Å². The van der Waals surface area contributed by atoms with Crippen molar-refractivity contribution in [3.63, 3.8) is 0 Å². The molecule has 0 radical (unpaired) electrons. The largest absolute Gasteiger partial charge is 0.338 e. The third-order valence-corrected chi connectivity index (χ3v) is 5.11. The van der Waals surface area contributed by atoms with Crippen molar-refractivity contribution in [1.29, 1.82) is 0 Å². The number of rotatable bonds is 3. The Morgan fingerprint density at radius 1 is 1.22 bits per heavy atom. The Morgan fingerprint density at radius 3 is 2.81 bits per heavy atom. The lowest BCUT2D eigenvalue weighted by Crippen LogP contribution is -2.39. The Labute approximate surface area is 157 Å². The molecule has 0 spiro atoms. The molecular formula is C21H21FN4O. The van der Waals surface area contributed by atoms with Crippen molar-refractivity contribution in [2.75, 3.05) is 13.1 Å². The fourth-order valence-corrected chi connectivity index (χ4v) is 3.65. The summed E-state index contributed by atoms with van der Waals surface area (Å²) in [6.07, 6.45) is 9.26. The fourth-order valence-electron chi connectivity index (χ4n) is 3.65. The van der Waals surface area contributed by atoms with Crippen LogP contribution < -0.4 is 0 Å². The van der Waals surface area contributed by atoms with Crippen LogP contribution in [0.3, 0.4) is 0 Å². The van der Waals surface area contributed by atoms with Gasteiger partial charge in [0.1, 0.15) is 5.82 Å². The monoisotopic (exact) mass is 364 g/mol. The van der Waals surface area contributed by atoms with Crippen LogP contribution in [0.15, 0.2) is 55.2 Å². The molecule has 1 fully saturated rings. The highest BCUT2D eigenvalue weighted by atomic mass is 19.1. The molecule has 0 aliphatic carbocycles. The minimum atomic E-state index is -0.317. The lowest BCUT2D eigenvalue weighted by Gasteiger charge is -2.32. The molecule has 5 nitrogen and oxygen atoms in total. The van der Waals surface area contributed by atoms with Crippen molar-refractivity contribution in [2.45, 2.75) is 25.7 Å². The number of aromatic nitrogens is 3. The van der Waals surface area contributed by atoms with Gasteiger partial charge in [-0.15, -0.1) is 0 Å². The number of imidazole rings is 1. The van der Waals surface area contributed by atoms with E-state index in [9.17, 15) is 9.18 Å². The van der Waals surface area contributed by atoms with E-state index < -0.39 is 0 Å². The predicted molar refractivity (Wildman–Crippen MR) is 100 cm³/mol. The summed E-state index contributed by atoms with van der Waals surface area (Å²) >= 11 is 0. The molecule has 1 aliphatic rings. The molecular weight excluding hydrogens is 343 g/mol. The zero-order chi connectivity index (χ0) is 18.8. The maximum absolute atomic E-state index is 13.3. The SMILES string of the molecule is Cc1cc(F)ccc1C(=O)N1CCC[C@H](c2cn(-c3ccncc3)cn2)C1. The second-order valence-electron chi connectivity index (χ2n) is 6.96. The van der Waals surface area contributed by atoms with Crippen molar-refractivity contribution in [2.24, 2.45) is 0 Å². The molecule has 0 saturated carbocycles. The van der Waals surface area contributed by atoms with E-state index in [2.05, 4.69) is 9.97 Å². The van der Waals surface area contributed by atoms with Crippen LogP contribution in [-0.4, -0.2) is 38.4 Å². The van der Waals surface area contributed by atoms with E-state index in [0.717, 1.165) is 30.8 Å². The Bertz CT molecular complexity index is 954. The average Bonchev–Trinajstić information content (AvgIpc) is 3.19. The summed E-state index contributed by atoms with van der Waals surface area (Å²) in [6, 6.07) is 8.19. The Hall–Kier alpha value is -3.02. The van der Waals surface area contributed by atoms with Gasteiger partial charge in [-0.25, -0.2) is 9.37 Å². The van der Waals surface area contributed by atoms with Crippen LogP contribution in [0, 0.1) is 12.7 Å². The molecule has 1 amide bonds. The molecule has 4 rings (SSSR count). The van der Waals surface area contributed by atoms with E-state index in [0.29, 0.717) is 17.7 Å². The standard InChI is InChI=1S/C21H21FN4O/c1-15-11-17(22)4-5-19(15)21(27)25-10-2-3-16(12-25)20-13-26(14-24-20)18-6-8-23-9-7-18/h4-9,11,13-14,16H,2-3,10,12H2,1H3/t16-/m0/s1. The first-order chi connectivity index (χ1) is 13.1.